The molecule has 1 fully saturated rings. The zero-order valence-electron chi connectivity index (χ0n) is 11.7. The highest BCUT2D eigenvalue weighted by Crippen LogP contribution is 2.33. The van der Waals surface area contributed by atoms with Gasteiger partial charge >= 0.3 is 6.18 Å². The maximum atomic E-state index is 12.8. The zero-order valence-corrected chi connectivity index (χ0v) is 13.3. The molecule has 6 heteroatoms. The van der Waals surface area contributed by atoms with Gasteiger partial charge in [0.1, 0.15) is 0 Å². The van der Waals surface area contributed by atoms with E-state index in [1.54, 1.807) is 4.90 Å². The summed E-state index contributed by atoms with van der Waals surface area (Å²) >= 11 is 3.19. The van der Waals surface area contributed by atoms with Crippen LogP contribution in [0.3, 0.4) is 0 Å². The molecule has 1 aromatic rings. The smallest absolute Gasteiger partial charge is 0.336 e. The lowest BCUT2D eigenvalue weighted by molar-refractivity contribution is -0.137. The van der Waals surface area contributed by atoms with Gasteiger partial charge in [0, 0.05) is 17.1 Å². The summed E-state index contributed by atoms with van der Waals surface area (Å²) in [5, 5.41) is 0. The highest BCUT2D eigenvalue weighted by molar-refractivity contribution is 9.10. The lowest BCUT2D eigenvalue weighted by atomic mass is 10.1. The second-order valence-electron chi connectivity index (χ2n) is 5.39. The fraction of sp³-hybridized carbons (Fsp3) is 0.533. The third kappa shape index (κ3) is 3.78. The molecule has 1 aromatic carbocycles. The Morgan fingerprint density at radius 1 is 1.29 bits per heavy atom. The summed E-state index contributed by atoms with van der Waals surface area (Å²) in [5.74, 6) is -0.331. The Kier molecular flexibility index (Phi) is 4.96. The quantitative estimate of drug-likeness (QED) is 0.696. The molecular weight excluding hydrogens is 347 g/mol. The van der Waals surface area contributed by atoms with Crippen molar-refractivity contribution in [3.8, 4) is 0 Å². The van der Waals surface area contributed by atoms with Gasteiger partial charge in [-0.25, -0.2) is 0 Å². The molecule has 0 aliphatic carbocycles. The van der Waals surface area contributed by atoms with E-state index < -0.39 is 11.7 Å². The van der Waals surface area contributed by atoms with Crippen LogP contribution in [0, 0.1) is 0 Å². The number of hydrogen-bond acceptors (Lipinski definition) is 1. The Balaban J connectivity index is 2.33. The molecule has 1 aliphatic rings. The molecule has 2 rings (SSSR count). The first-order chi connectivity index (χ1) is 9.80. The Hall–Kier alpha value is -1.04. The average molecular weight is 364 g/mol. The summed E-state index contributed by atoms with van der Waals surface area (Å²) in [7, 11) is 0. The minimum Gasteiger partial charge on any atom is -0.336 e. The number of likely N-dealkylation sites (tertiary alicyclic amines) is 1. The molecule has 0 spiro atoms. The van der Waals surface area contributed by atoms with Crippen LogP contribution in [-0.4, -0.2) is 23.4 Å². The SMILES string of the molecule is CC1CCCCCN1C(=O)c1cc(C(F)(F)F)ccc1Br. The summed E-state index contributed by atoms with van der Waals surface area (Å²) in [6.45, 7) is 2.55. The van der Waals surface area contributed by atoms with Crippen molar-refractivity contribution in [3.63, 3.8) is 0 Å². The largest absolute Gasteiger partial charge is 0.416 e. The lowest BCUT2D eigenvalue weighted by Crippen LogP contribution is -2.38. The van der Waals surface area contributed by atoms with Crippen LogP contribution >= 0.6 is 15.9 Å². The highest BCUT2D eigenvalue weighted by Gasteiger charge is 2.32. The summed E-state index contributed by atoms with van der Waals surface area (Å²) in [5.41, 5.74) is -0.713. The third-order valence-corrected chi connectivity index (χ3v) is 4.53. The summed E-state index contributed by atoms with van der Waals surface area (Å²) < 4.78 is 38.8. The Morgan fingerprint density at radius 2 is 2.00 bits per heavy atom. The number of carbonyl (C=O) groups is 1. The molecule has 0 radical (unpaired) electrons. The predicted molar refractivity (Wildman–Crippen MR) is 78.1 cm³/mol. The number of rotatable bonds is 1. The van der Waals surface area contributed by atoms with Crippen LogP contribution in [0.5, 0.6) is 0 Å². The van der Waals surface area contributed by atoms with Gasteiger partial charge in [-0.15, -0.1) is 0 Å². The molecule has 1 amide bonds. The highest BCUT2D eigenvalue weighted by atomic mass is 79.9. The molecule has 1 heterocycles. The van der Waals surface area contributed by atoms with Crippen molar-refractivity contribution in [2.45, 2.75) is 44.8 Å². The van der Waals surface area contributed by atoms with E-state index in [0.717, 1.165) is 37.8 Å². The first kappa shape index (κ1) is 16.3. The fourth-order valence-corrected chi connectivity index (χ4v) is 3.01. The molecule has 1 aliphatic heterocycles. The average Bonchev–Trinajstić information content (AvgIpc) is 2.62. The van der Waals surface area contributed by atoms with E-state index in [1.165, 1.54) is 6.07 Å². The monoisotopic (exact) mass is 363 g/mol. The van der Waals surface area contributed by atoms with Gasteiger partial charge in [-0.1, -0.05) is 12.8 Å². The fourth-order valence-electron chi connectivity index (χ4n) is 2.60. The van der Waals surface area contributed by atoms with E-state index >= 15 is 0 Å². The second-order valence-corrected chi connectivity index (χ2v) is 6.24. The number of halogens is 4. The number of nitrogens with zero attached hydrogens (tertiary/aromatic N) is 1. The van der Waals surface area contributed by atoms with Gasteiger partial charge < -0.3 is 4.90 Å². The van der Waals surface area contributed by atoms with Crippen molar-refractivity contribution in [1.29, 1.82) is 0 Å². The van der Waals surface area contributed by atoms with Crippen molar-refractivity contribution in [1.82, 2.24) is 4.90 Å². The summed E-state index contributed by atoms with van der Waals surface area (Å²) in [4.78, 5) is 14.3. The van der Waals surface area contributed by atoms with E-state index in [0.29, 0.717) is 11.0 Å². The molecule has 2 nitrogen and oxygen atoms in total. The van der Waals surface area contributed by atoms with Crippen molar-refractivity contribution < 1.29 is 18.0 Å². The van der Waals surface area contributed by atoms with E-state index in [-0.39, 0.29) is 17.5 Å². The van der Waals surface area contributed by atoms with E-state index in [4.69, 9.17) is 0 Å². The van der Waals surface area contributed by atoms with Crippen molar-refractivity contribution in [2.24, 2.45) is 0 Å². The standard InChI is InChI=1S/C15H17BrF3NO/c1-10-5-3-2-4-8-20(10)14(21)12-9-11(15(17,18)19)6-7-13(12)16/h6-7,9-10H,2-5,8H2,1H3. The van der Waals surface area contributed by atoms with Crippen molar-refractivity contribution in [2.75, 3.05) is 6.54 Å². The van der Waals surface area contributed by atoms with Gasteiger partial charge in [0.2, 0.25) is 0 Å². The zero-order chi connectivity index (χ0) is 15.6. The van der Waals surface area contributed by atoms with Crippen LogP contribution in [0.4, 0.5) is 13.2 Å². The number of benzene rings is 1. The first-order valence-corrected chi connectivity index (χ1v) is 7.77. The van der Waals surface area contributed by atoms with Gasteiger partial charge in [0.05, 0.1) is 11.1 Å². The van der Waals surface area contributed by atoms with Crippen LogP contribution in [0.15, 0.2) is 22.7 Å². The van der Waals surface area contributed by atoms with Crippen LogP contribution in [0.25, 0.3) is 0 Å². The Bertz CT molecular complexity index is 530. The second kappa shape index (κ2) is 6.38. The molecule has 1 atom stereocenters. The molecule has 1 unspecified atom stereocenters. The summed E-state index contributed by atoms with van der Waals surface area (Å²) in [6.07, 6.45) is -0.554. The molecule has 1 saturated heterocycles. The maximum absolute atomic E-state index is 12.8. The van der Waals surface area contributed by atoms with Gasteiger partial charge in [0.15, 0.2) is 0 Å². The maximum Gasteiger partial charge on any atom is 0.416 e. The summed E-state index contributed by atoms with van der Waals surface area (Å²) in [6, 6.07) is 3.26. The Labute approximate surface area is 130 Å². The molecule has 0 saturated carbocycles. The molecule has 0 N–H and O–H groups in total. The van der Waals surface area contributed by atoms with Crippen LogP contribution in [-0.2, 0) is 6.18 Å². The third-order valence-electron chi connectivity index (χ3n) is 3.84. The first-order valence-electron chi connectivity index (χ1n) is 6.98. The minimum atomic E-state index is -4.44. The van der Waals surface area contributed by atoms with Gasteiger partial charge in [-0.05, 0) is 53.9 Å². The molecule has 116 valence electrons. The predicted octanol–water partition coefficient (Wildman–Crippen LogP) is 4.87. The molecule has 0 bridgehead atoms. The minimum absolute atomic E-state index is 0.0569. The topological polar surface area (TPSA) is 20.3 Å². The van der Waals surface area contributed by atoms with E-state index in [9.17, 15) is 18.0 Å². The van der Waals surface area contributed by atoms with Gasteiger partial charge in [-0.3, -0.25) is 4.79 Å². The number of hydrogen-bond donors (Lipinski definition) is 0. The Morgan fingerprint density at radius 3 is 2.67 bits per heavy atom. The van der Waals surface area contributed by atoms with Gasteiger partial charge in [0.25, 0.3) is 5.91 Å². The van der Waals surface area contributed by atoms with E-state index in [2.05, 4.69) is 15.9 Å². The molecule has 0 aromatic heterocycles. The number of carbonyl (C=O) groups excluding carboxylic acids is 1. The number of amides is 1. The van der Waals surface area contributed by atoms with Gasteiger partial charge in [-0.2, -0.15) is 13.2 Å². The lowest BCUT2D eigenvalue weighted by Gasteiger charge is -2.28. The van der Waals surface area contributed by atoms with Crippen LogP contribution < -0.4 is 0 Å². The van der Waals surface area contributed by atoms with Crippen molar-refractivity contribution in [3.05, 3.63) is 33.8 Å². The van der Waals surface area contributed by atoms with Crippen molar-refractivity contribution >= 4 is 21.8 Å². The molecule has 21 heavy (non-hydrogen) atoms. The normalized spacial score (nSPS) is 20.2. The van der Waals surface area contributed by atoms with Crippen LogP contribution in [0.1, 0.15) is 48.5 Å². The van der Waals surface area contributed by atoms with Crippen LogP contribution in [0.2, 0.25) is 0 Å². The molecular formula is C15H17BrF3NO. The number of alkyl halides is 3. The van der Waals surface area contributed by atoms with E-state index in [1.807, 2.05) is 6.92 Å².